The van der Waals surface area contributed by atoms with E-state index >= 15 is 0 Å². The van der Waals surface area contributed by atoms with Crippen LogP contribution in [0.4, 0.5) is 0 Å². The van der Waals surface area contributed by atoms with E-state index in [2.05, 4.69) is 42.0 Å². The van der Waals surface area contributed by atoms with E-state index in [0.29, 0.717) is 0 Å². The SMILES string of the molecule is CCc1ccc2[nH]cc(CC[NH3+])c2c1. The molecule has 1 aromatic heterocycles. The minimum Gasteiger partial charge on any atom is -0.361 e. The first-order valence-electron chi connectivity index (χ1n) is 5.23. The number of quaternary nitrogens is 1. The summed E-state index contributed by atoms with van der Waals surface area (Å²) in [5.41, 5.74) is 7.94. The maximum absolute atomic E-state index is 3.90. The highest BCUT2D eigenvalue weighted by atomic mass is 14.7. The molecule has 0 spiro atoms. The second kappa shape index (κ2) is 3.84. The number of aromatic amines is 1. The maximum Gasteiger partial charge on any atom is 0.0781 e. The Bertz CT molecular complexity index is 429. The van der Waals surface area contributed by atoms with Gasteiger partial charge in [-0.15, -0.1) is 0 Å². The molecule has 74 valence electrons. The van der Waals surface area contributed by atoms with Crippen LogP contribution < -0.4 is 5.73 Å². The van der Waals surface area contributed by atoms with E-state index in [1.165, 1.54) is 22.0 Å². The third-order valence-corrected chi connectivity index (χ3v) is 2.69. The van der Waals surface area contributed by atoms with E-state index < -0.39 is 0 Å². The van der Waals surface area contributed by atoms with Gasteiger partial charge in [0.15, 0.2) is 0 Å². The second-order valence-electron chi connectivity index (χ2n) is 3.65. The molecule has 0 aliphatic rings. The van der Waals surface area contributed by atoms with Gasteiger partial charge in [0.05, 0.1) is 6.54 Å². The Labute approximate surface area is 84.1 Å². The van der Waals surface area contributed by atoms with Crippen molar-refractivity contribution in [2.45, 2.75) is 19.8 Å². The van der Waals surface area contributed by atoms with Crippen molar-refractivity contribution in [3.05, 3.63) is 35.5 Å². The lowest BCUT2D eigenvalue weighted by Crippen LogP contribution is -2.51. The van der Waals surface area contributed by atoms with E-state index in [-0.39, 0.29) is 0 Å². The van der Waals surface area contributed by atoms with E-state index in [9.17, 15) is 0 Å². The van der Waals surface area contributed by atoms with Gasteiger partial charge in [0.1, 0.15) is 0 Å². The lowest BCUT2D eigenvalue weighted by molar-refractivity contribution is -0.366. The number of rotatable bonds is 3. The van der Waals surface area contributed by atoms with E-state index in [4.69, 9.17) is 0 Å². The summed E-state index contributed by atoms with van der Waals surface area (Å²) >= 11 is 0. The number of H-pyrrole nitrogens is 1. The van der Waals surface area contributed by atoms with Crippen LogP contribution >= 0.6 is 0 Å². The number of hydrogen-bond acceptors (Lipinski definition) is 0. The van der Waals surface area contributed by atoms with Crippen LogP contribution in [0.15, 0.2) is 24.4 Å². The molecular weight excluding hydrogens is 172 g/mol. The van der Waals surface area contributed by atoms with Crippen LogP contribution in [0.3, 0.4) is 0 Å². The molecule has 2 heteroatoms. The highest BCUT2D eigenvalue weighted by Crippen LogP contribution is 2.20. The van der Waals surface area contributed by atoms with Crippen LogP contribution in [0.2, 0.25) is 0 Å². The van der Waals surface area contributed by atoms with Crippen LogP contribution in [-0.2, 0) is 12.8 Å². The minimum atomic E-state index is 0.962. The molecule has 0 atom stereocenters. The smallest absolute Gasteiger partial charge is 0.0781 e. The van der Waals surface area contributed by atoms with Gasteiger partial charge in [-0.1, -0.05) is 13.0 Å². The summed E-state index contributed by atoms with van der Waals surface area (Å²) in [6.07, 6.45) is 4.27. The zero-order valence-corrected chi connectivity index (χ0v) is 8.64. The lowest BCUT2D eigenvalue weighted by Gasteiger charge is -1.98. The van der Waals surface area contributed by atoms with Gasteiger partial charge >= 0.3 is 0 Å². The summed E-state index contributed by atoms with van der Waals surface area (Å²) in [5.74, 6) is 0. The third kappa shape index (κ3) is 1.53. The first kappa shape index (κ1) is 9.28. The van der Waals surface area contributed by atoms with Crippen LogP contribution in [0.25, 0.3) is 10.9 Å². The fourth-order valence-electron chi connectivity index (χ4n) is 1.84. The van der Waals surface area contributed by atoms with Crippen LogP contribution in [0.1, 0.15) is 18.1 Å². The fourth-order valence-corrected chi connectivity index (χ4v) is 1.84. The molecule has 0 aliphatic carbocycles. The van der Waals surface area contributed by atoms with E-state index in [1.54, 1.807) is 0 Å². The monoisotopic (exact) mass is 189 g/mol. The third-order valence-electron chi connectivity index (χ3n) is 2.69. The fraction of sp³-hybridized carbons (Fsp3) is 0.333. The summed E-state index contributed by atoms with van der Waals surface area (Å²) in [6, 6.07) is 6.64. The highest BCUT2D eigenvalue weighted by molar-refractivity contribution is 5.83. The van der Waals surface area contributed by atoms with Crippen molar-refractivity contribution in [1.82, 2.24) is 4.98 Å². The average molecular weight is 189 g/mol. The van der Waals surface area contributed by atoms with Gasteiger partial charge in [0.2, 0.25) is 0 Å². The molecule has 0 amide bonds. The first-order chi connectivity index (χ1) is 6.85. The molecular formula is C12H17N2+. The van der Waals surface area contributed by atoms with Crippen molar-refractivity contribution >= 4 is 10.9 Å². The molecule has 0 fully saturated rings. The van der Waals surface area contributed by atoms with Crippen molar-refractivity contribution in [2.75, 3.05) is 6.54 Å². The Morgan fingerprint density at radius 3 is 2.93 bits per heavy atom. The average Bonchev–Trinajstić information content (AvgIpc) is 2.61. The molecule has 0 saturated heterocycles. The normalized spacial score (nSPS) is 11.0. The van der Waals surface area contributed by atoms with Gasteiger partial charge < -0.3 is 10.7 Å². The van der Waals surface area contributed by atoms with Gasteiger partial charge in [-0.3, -0.25) is 0 Å². The van der Waals surface area contributed by atoms with E-state index in [0.717, 1.165) is 19.4 Å². The highest BCUT2D eigenvalue weighted by Gasteiger charge is 2.03. The number of fused-ring (bicyclic) bond motifs is 1. The molecule has 2 nitrogen and oxygen atoms in total. The topological polar surface area (TPSA) is 43.4 Å². The second-order valence-corrected chi connectivity index (χ2v) is 3.65. The Morgan fingerprint density at radius 2 is 2.21 bits per heavy atom. The summed E-state index contributed by atoms with van der Waals surface area (Å²) in [4.78, 5) is 3.30. The zero-order valence-electron chi connectivity index (χ0n) is 8.64. The largest absolute Gasteiger partial charge is 0.361 e. The van der Waals surface area contributed by atoms with Crippen molar-refractivity contribution in [1.29, 1.82) is 0 Å². The predicted molar refractivity (Wildman–Crippen MR) is 59.1 cm³/mol. The lowest BCUT2D eigenvalue weighted by atomic mass is 10.1. The van der Waals surface area contributed by atoms with Crippen LogP contribution in [0.5, 0.6) is 0 Å². The summed E-state index contributed by atoms with van der Waals surface area (Å²) in [7, 11) is 0. The number of aromatic nitrogens is 1. The molecule has 0 radical (unpaired) electrons. The molecule has 2 aromatic rings. The molecule has 0 bridgehead atoms. The van der Waals surface area contributed by atoms with Crippen molar-refractivity contribution in [2.24, 2.45) is 0 Å². The summed E-state index contributed by atoms with van der Waals surface area (Å²) < 4.78 is 0. The Hall–Kier alpha value is -1.28. The van der Waals surface area contributed by atoms with Crippen molar-refractivity contribution < 1.29 is 5.73 Å². The van der Waals surface area contributed by atoms with Crippen LogP contribution in [0, 0.1) is 0 Å². The number of aryl methyl sites for hydroxylation is 1. The van der Waals surface area contributed by atoms with Crippen molar-refractivity contribution in [3.63, 3.8) is 0 Å². The number of nitrogens with one attached hydrogen (secondary N) is 1. The summed E-state index contributed by atoms with van der Waals surface area (Å²) in [6.45, 7) is 3.15. The zero-order chi connectivity index (χ0) is 9.97. The predicted octanol–water partition coefficient (Wildman–Crippen LogP) is 1.51. The van der Waals surface area contributed by atoms with Gasteiger partial charge in [-0.2, -0.15) is 0 Å². The maximum atomic E-state index is 3.90. The van der Waals surface area contributed by atoms with Gasteiger partial charge in [-0.25, -0.2) is 0 Å². The summed E-state index contributed by atoms with van der Waals surface area (Å²) in [5, 5.41) is 1.37. The number of hydrogen-bond donors (Lipinski definition) is 2. The Balaban J connectivity index is 2.52. The minimum absolute atomic E-state index is 0.962. The molecule has 0 saturated carbocycles. The molecule has 0 unspecified atom stereocenters. The molecule has 0 aliphatic heterocycles. The van der Waals surface area contributed by atoms with Gasteiger partial charge in [0, 0.05) is 23.5 Å². The van der Waals surface area contributed by atoms with Crippen molar-refractivity contribution in [3.8, 4) is 0 Å². The Kier molecular flexibility index (Phi) is 2.55. The van der Waals surface area contributed by atoms with Gasteiger partial charge in [0.25, 0.3) is 0 Å². The van der Waals surface area contributed by atoms with E-state index in [1.807, 2.05) is 0 Å². The standard InChI is InChI=1S/C12H16N2/c1-2-9-3-4-12-11(7-9)10(5-6-13)8-14-12/h3-4,7-8,14H,2,5-6,13H2,1H3/p+1. The first-order valence-corrected chi connectivity index (χ1v) is 5.23. The molecule has 14 heavy (non-hydrogen) atoms. The molecule has 4 N–H and O–H groups in total. The Morgan fingerprint density at radius 1 is 1.36 bits per heavy atom. The molecule has 2 rings (SSSR count). The van der Waals surface area contributed by atoms with Crippen LogP contribution in [-0.4, -0.2) is 11.5 Å². The van der Waals surface area contributed by atoms with Gasteiger partial charge in [-0.05, 0) is 29.7 Å². The molecule has 1 heterocycles. The molecule has 1 aromatic carbocycles. The quantitative estimate of drug-likeness (QED) is 0.735. The number of benzene rings is 1.